The highest BCUT2D eigenvalue weighted by Gasteiger charge is 2.27. The van der Waals surface area contributed by atoms with Crippen LogP contribution in [0.15, 0.2) is 0 Å². The van der Waals surface area contributed by atoms with Crippen molar-refractivity contribution in [3.05, 3.63) is 5.92 Å². The Kier molecular flexibility index (Phi) is 3.15. The molecule has 0 spiro atoms. The molecule has 1 radical (unpaired) electrons. The second kappa shape index (κ2) is 3.51. The van der Waals surface area contributed by atoms with E-state index in [9.17, 15) is 0 Å². The first kappa shape index (κ1) is 8.96. The van der Waals surface area contributed by atoms with Gasteiger partial charge in [-0.15, -0.1) is 0 Å². The molecule has 1 rings (SSSR count). The van der Waals surface area contributed by atoms with Crippen LogP contribution in [0, 0.1) is 5.92 Å². The van der Waals surface area contributed by atoms with E-state index in [0.717, 1.165) is 12.8 Å². The fourth-order valence-electron chi connectivity index (χ4n) is 1.34. The molecule has 10 heavy (non-hydrogen) atoms. The predicted molar refractivity (Wildman–Crippen MR) is 46.6 cm³/mol. The summed E-state index contributed by atoms with van der Waals surface area (Å²) in [6.45, 7) is 0. The molecular formula is C7H10Cl3. The lowest BCUT2D eigenvalue weighted by molar-refractivity contribution is 0.775. The molecule has 0 nitrogen and oxygen atoms in total. The molecule has 0 aromatic rings. The molecule has 0 atom stereocenters. The van der Waals surface area contributed by atoms with Crippen molar-refractivity contribution in [1.29, 1.82) is 0 Å². The van der Waals surface area contributed by atoms with Gasteiger partial charge >= 0.3 is 0 Å². The van der Waals surface area contributed by atoms with Crippen LogP contribution >= 0.6 is 34.8 Å². The minimum Gasteiger partial charge on any atom is -0.0837 e. The Morgan fingerprint density at radius 3 is 2.00 bits per heavy atom. The van der Waals surface area contributed by atoms with Crippen LogP contribution in [-0.2, 0) is 0 Å². The topological polar surface area (TPSA) is 0 Å². The van der Waals surface area contributed by atoms with Crippen molar-refractivity contribution in [1.82, 2.24) is 0 Å². The van der Waals surface area contributed by atoms with Gasteiger partial charge in [0.1, 0.15) is 0 Å². The third-order valence-corrected chi connectivity index (χ3v) is 2.16. The van der Waals surface area contributed by atoms with Crippen LogP contribution in [0.3, 0.4) is 0 Å². The van der Waals surface area contributed by atoms with Gasteiger partial charge in [0.05, 0.1) is 0 Å². The van der Waals surface area contributed by atoms with Crippen molar-refractivity contribution in [2.75, 3.05) is 0 Å². The van der Waals surface area contributed by atoms with Crippen molar-refractivity contribution in [2.24, 2.45) is 0 Å². The Bertz CT molecular complexity index is 99.9. The standard InChI is InChI=1S/C7H10Cl3/c8-7(9,10)5-6-3-1-2-4-6/h1-5H2. The number of hydrogen-bond acceptors (Lipinski definition) is 0. The van der Waals surface area contributed by atoms with E-state index in [1.54, 1.807) is 0 Å². The molecule has 59 valence electrons. The molecule has 1 saturated carbocycles. The summed E-state index contributed by atoms with van der Waals surface area (Å²) in [5, 5.41) is 0. The van der Waals surface area contributed by atoms with Gasteiger partial charge in [0.2, 0.25) is 0 Å². The first-order chi connectivity index (χ1) is 4.58. The smallest absolute Gasteiger partial charge is 0.0837 e. The molecule has 0 saturated heterocycles. The average molecular weight is 201 g/mol. The SMILES string of the molecule is ClC(Cl)(Cl)C[C]1CCCC1. The molecular weight excluding hydrogens is 190 g/mol. The molecule has 0 aromatic carbocycles. The van der Waals surface area contributed by atoms with Gasteiger partial charge in [0.15, 0.2) is 3.79 Å². The maximum atomic E-state index is 5.62. The number of hydrogen-bond donors (Lipinski definition) is 0. The van der Waals surface area contributed by atoms with E-state index in [4.69, 9.17) is 34.8 Å². The summed E-state index contributed by atoms with van der Waals surface area (Å²) in [5.74, 6) is 1.42. The maximum absolute atomic E-state index is 5.62. The van der Waals surface area contributed by atoms with Crippen LogP contribution < -0.4 is 0 Å². The zero-order chi connectivity index (χ0) is 7.61. The summed E-state index contributed by atoms with van der Waals surface area (Å²) in [6, 6.07) is 0. The zero-order valence-corrected chi connectivity index (χ0v) is 7.94. The predicted octanol–water partition coefficient (Wildman–Crippen LogP) is 3.90. The van der Waals surface area contributed by atoms with Crippen LogP contribution in [0.4, 0.5) is 0 Å². The van der Waals surface area contributed by atoms with Gasteiger partial charge in [-0.25, -0.2) is 0 Å². The second-order valence-corrected chi connectivity index (χ2v) is 5.27. The van der Waals surface area contributed by atoms with E-state index in [0.29, 0.717) is 6.42 Å². The lowest BCUT2D eigenvalue weighted by Gasteiger charge is -2.14. The van der Waals surface area contributed by atoms with Crippen LogP contribution in [0.1, 0.15) is 32.1 Å². The van der Waals surface area contributed by atoms with Crippen LogP contribution in [0.25, 0.3) is 0 Å². The normalized spacial score (nSPS) is 21.9. The van der Waals surface area contributed by atoms with Gasteiger partial charge in [-0.3, -0.25) is 0 Å². The maximum Gasteiger partial charge on any atom is 0.191 e. The van der Waals surface area contributed by atoms with E-state index in [1.165, 1.54) is 18.8 Å². The van der Waals surface area contributed by atoms with Crippen LogP contribution in [0.2, 0.25) is 0 Å². The largest absolute Gasteiger partial charge is 0.191 e. The quantitative estimate of drug-likeness (QED) is 0.563. The molecule has 0 aliphatic heterocycles. The first-order valence-corrected chi connectivity index (χ1v) is 4.62. The number of halogens is 3. The molecule has 0 unspecified atom stereocenters. The fourth-order valence-corrected chi connectivity index (χ4v) is 1.90. The summed E-state index contributed by atoms with van der Waals surface area (Å²) in [7, 11) is 0. The van der Waals surface area contributed by atoms with Gasteiger partial charge in [0.25, 0.3) is 0 Å². The molecule has 1 aliphatic carbocycles. The molecule has 0 bridgehead atoms. The first-order valence-electron chi connectivity index (χ1n) is 3.48. The highest BCUT2D eigenvalue weighted by Crippen LogP contribution is 2.40. The molecule has 1 fully saturated rings. The van der Waals surface area contributed by atoms with E-state index in [-0.39, 0.29) is 0 Å². The molecule has 0 aromatic heterocycles. The van der Waals surface area contributed by atoms with E-state index < -0.39 is 3.79 Å². The fraction of sp³-hybridized carbons (Fsp3) is 0.857. The van der Waals surface area contributed by atoms with Crippen LogP contribution in [-0.4, -0.2) is 3.79 Å². The Labute approximate surface area is 76.8 Å². The van der Waals surface area contributed by atoms with E-state index in [1.807, 2.05) is 0 Å². The van der Waals surface area contributed by atoms with Crippen molar-refractivity contribution < 1.29 is 0 Å². The average Bonchev–Trinajstić information content (AvgIpc) is 2.12. The summed E-state index contributed by atoms with van der Waals surface area (Å²) in [6.07, 6.45) is 5.52. The summed E-state index contributed by atoms with van der Waals surface area (Å²) in [4.78, 5) is 0. The zero-order valence-electron chi connectivity index (χ0n) is 5.67. The molecule has 0 amide bonds. The Balaban J connectivity index is 2.24. The van der Waals surface area contributed by atoms with E-state index >= 15 is 0 Å². The third-order valence-electron chi connectivity index (χ3n) is 1.76. The Hall–Kier alpha value is 0.870. The lowest BCUT2D eigenvalue weighted by atomic mass is 10.1. The highest BCUT2D eigenvalue weighted by molar-refractivity contribution is 6.67. The summed E-state index contributed by atoms with van der Waals surface area (Å²) < 4.78 is -1.06. The van der Waals surface area contributed by atoms with E-state index in [2.05, 4.69) is 0 Å². The van der Waals surface area contributed by atoms with Gasteiger partial charge in [-0.2, -0.15) is 0 Å². The number of rotatable bonds is 1. The van der Waals surface area contributed by atoms with Crippen molar-refractivity contribution >= 4 is 34.8 Å². The van der Waals surface area contributed by atoms with Crippen LogP contribution in [0.5, 0.6) is 0 Å². The highest BCUT2D eigenvalue weighted by atomic mass is 35.6. The van der Waals surface area contributed by atoms with Gasteiger partial charge < -0.3 is 0 Å². The van der Waals surface area contributed by atoms with Crippen molar-refractivity contribution in [3.63, 3.8) is 0 Å². The Morgan fingerprint density at radius 1 is 1.10 bits per heavy atom. The lowest BCUT2D eigenvalue weighted by Crippen LogP contribution is -2.06. The van der Waals surface area contributed by atoms with Crippen molar-refractivity contribution in [3.8, 4) is 0 Å². The molecule has 1 aliphatic rings. The molecule has 0 heterocycles. The third kappa shape index (κ3) is 3.32. The van der Waals surface area contributed by atoms with Gasteiger partial charge in [0, 0.05) is 6.42 Å². The minimum absolute atomic E-state index is 0.650. The molecule has 3 heteroatoms. The van der Waals surface area contributed by atoms with Crippen molar-refractivity contribution in [2.45, 2.75) is 35.9 Å². The van der Waals surface area contributed by atoms with Gasteiger partial charge in [-0.1, -0.05) is 47.6 Å². The monoisotopic (exact) mass is 199 g/mol. The second-order valence-electron chi connectivity index (χ2n) is 2.75. The minimum atomic E-state index is -1.06. The summed E-state index contributed by atoms with van der Waals surface area (Å²) >= 11 is 16.9. The number of alkyl halides is 3. The molecule has 0 N–H and O–H groups in total. The van der Waals surface area contributed by atoms with Gasteiger partial charge in [-0.05, 0) is 18.8 Å². The summed E-state index contributed by atoms with van der Waals surface area (Å²) in [5.41, 5.74) is 0. The Morgan fingerprint density at radius 2 is 1.60 bits per heavy atom.